The highest BCUT2D eigenvalue weighted by atomic mass is 19.1. The molecule has 2 N–H and O–H groups in total. The molecule has 7 heteroatoms. The lowest BCUT2D eigenvalue weighted by Gasteiger charge is -2.38. The number of nitrogens with zero attached hydrogens (tertiary/aromatic N) is 2. The van der Waals surface area contributed by atoms with Crippen molar-refractivity contribution in [3.63, 3.8) is 0 Å². The fourth-order valence-electron chi connectivity index (χ4n) is 4.55. The van der Waals surface area contributed by atoms with Gasteiger partial charge in [0.2, 0.25) is 0 Å². The summed E-state index contributed by atoms with van der Waals surface area (Å²) in [5.41, 5.74) is 0.835. The van der Waals surface area contributed by atoms with Crippen LogP contribution in [-0.2, 0) is 0 Å². The van der Waals surface area contributed by atoms with Crippen LogP contribution < -0.4 is 16.1 Å². The molecule has 1 saturated carbocycles. The van der Waals surface area contributed by atoms with Crippen LogP contribution in [0.5, 0.6) is 0 Å². The van der Waals surface area contributed by atoms with Crippen molar-refractivity contribution < 1.29 is 9.50 Å². The second-order valence-corrected chi connectivity index (χ2v) is 7.97. The molecule has 2 aromatic rings. The Kier molecular flexibility index (Phi) is 4.37. The lowest BCUT2D eigenvalue weighted by Crippen LogP contribution is -2.44. The summed E-state index contributed by atoms with van der Waals surface area (Å²) in [6.07, 6.45) is 2.94. The van der Waals surface area contributed by atoms with Crippen molar-refractivity contribution in [2.24, 2.45) is 5.92 Å². The number of β-amino-alcohol motifs (C(OH)–C–C–N with tert-alkyl or cyclic N) is 1. The number of hydrogen-bond donors (Lipinski definition) is 2. The summed E-state index contributed by atoms with van der Waals surface area (Å²) in [6, 6.07) is 0.0599. The lowest BCUT2D eigenvalue weighted by atomic mass is 9.90. The Morgan fingerprint density at radius 2 is 1.89 bits per heavy atom. The second kappa shape index (κ2) is 6.48. The summed E-state index contributed by atoms with van der Waals surface area (Å²) < 4.78 is 17.0. The second-order valence-electron chi connectivity index (χ2n) is 7.97. The molecule has 6 nitrogen and oxygen atoms in total. The van der Waals surface area contributed by atoms with Gasteiger partial charge in [-0.05, 0) is 39.0 Å². The topological polar surface area (TPSA) is 78.3 Å². The molecule has 1 aromatic heterocycles. The Hall–Kier alpha value is -2.15. The van der Waals surface area contributed by atoms with Gasteiger partial charge in [-0.3, -0.25) is 14.3 Å². The van der Waals surface area contributed by atoms with Crippen molar-refractivity contribution in [3.05, 3.63) is 37.8 Å². The van der Waals surface area contributed by atoms with Crippen LogP contribution in [0, 0.1) is 25.6 Å². The Bertz CT molecular complexity index is 1020. The van der Waals surface area contributed by atoms with Gasteiger partial charge in [-0.2, -0.15) is 0 Å². The summed E-state index contributed by atoms with van der Waals surface area (Å²) in [7, 11) is 0. The van der Waals surface area contributed by atoms with Crippen LogP contribution in [0.15, 0.2) is 9.59 Å². The molecule has 2 atom stereocenters. The van der Waals surface area contributed by atoms with Crippen molar-refractivity contribution in [3.8, 4) is 0 Å². The molecule has 2 unspecified atom stereocenters. The zero-order valence-corrected chi connectivity index (χ0v) is 16.0. The molecule has 0 radical (unpaired) electrons. The van der Waals surface area contributed by atoms with Crippen molar-refractivity contribution in [1.82, 2.24) is 9.55 Å². The van der Waals surface area contributed by atoms with Gasteiger partial charge >= 0.3 is 5.69 Å². The predicted octanol–water partition coefficient (Wildman–Crippen LogP) is 2.38. The SMILES string of the molecule is CCC1CCN(c2c(F)c(C)c3c(=O)[nH]c(=O)n(C4CC4)c3c2C)CC1O. The normalized spacial score (nSPS) is 23.2. The highest BCUT2D eigenvalue weighted by Gasteiger charge is 2.33. The summed E-state index contributed by atoms with van der Waals surface area (Å²) in [5, 5.41) is 10.7. The number of aliphatic hydroxyl groups is 1. The number of nitrogens with one attached hydrogen (secondary N) is 1. The number of fused-ring (bicyclic) bond motifs is 1. The molecule has 4 rings (SSSR count). The standard InChI is InChI=1S/C20H26FN3O3/c1-4-12-7-8-23(9-14(12)25)18-11(3)17-15(10(2)16(18)21)19(26)22-20(27)24(17)13-5-6-13/h12-14,25H,4-9H2,1-3H3,(H,22,26,27). The Morgan fingerprint density at radius 3 is 2.48 bits per heavy atom. The number of hydrogen-bond acceptors (Lipinski definition) is 4. The van der Waals surface area contributed by atoms with E-state index in [1.807, 2.05) is 4.90 Å². The van der Waals surface area contributed by atoms with E-state index in [1.54, 1.807) is 18.4 Å². The molecular weight excluding hydrogens is 349 g/mol. The van der Waals surface area contributed by atoms with E-state index in [4.69, 9.17) is 0 Å². The summed E-state index contributed by atoms with van der Waals surface area (Å²) in [5.74, 6) is -0.215. The number of aromatic nitrogens is 2. The fourth-order valence-corrected chi connectivity index (χ4v) is 4.55. The zero-order valence-electron chi connectivity index (χ0n) is 16.0. The van der Waals surface area contributed by atoms with Crippen molar-refractivity contribution >= 4 is 16.6 Å². The average Bonchev–Trinajstić information content (AvgIpc) is 3.44. The summed E-state index contributed by atoms with van der Waals surface area (Å²) >= 11 is 0. The van der Waals surface area contributed by atoms with Gasteiger partial charge in [0.25, 0.3) is 5.56 Å². The van der Waals surface area contributed by atoms with E-state index in [2.05, 4.69) is 11.9 Å². The zero-order chi connectivity index (χ0) is 19.5. The molecule has 0 spiro atoms. The maximum atomic E-state index is 15.3. The largest absolute Gasteiger partial charge is 0.391 e. The number of H-pyrrole nitrogens is 1. The van der Waals surface area contributed by atoms with E-state index in [0.717, 1.165) is 25.7 Å². The van der Waals surface area contributed by atoms with Crippen LogP contribution >= 0.6 is 0 Å². The first-order chi connectivity index (χ1) is 12.8. The molecule has 27 heavy (non-hydrogen) atoms. The van der Waals surface area contributed by atoms with E-state index in [9.17, 15) is 14.7 Å². The van der Waals surface area contributed by atoms with Crippen LogP contribution in [0.1, 0.15) is 49.8 Å². The number of anilines is 1. The average molecular weight is 375 g/mol. The molecule has 1 aliphatic carbocycles. The maximum absolute atomic E-state index is 15.3. The van der Waals surface area contributed by atoms with Gasteiger partial charge in [-0.1, -0.05) is 13.3 Å². The number of halogens is 1. The minimum atomic E-state index is -0.539. The van der Waals surface area contributed by atoms with E-state index in [0.29, 0.717) is 29.9 Å². The molecule has 2 fully saturated rings. The first-order valence-electron chi connectivity index (χ1n) is 9.75. The molecular formula is C20H26FN3O3. The number of rotatable bonds is 3. The first kappa shape index (κ1) is 18.2. The molecule has 0 bridgehead atoms. The van der Waals surface area contributed by atoms with Gasteiger partial charge in [-0.15, -0.1) is 0 Å². The van der Waals surface area contributed by atoms with Gasteiger partial charge in [0.05, 0.1) is 22.7 Å². The third kappa shape index (κ3) is 2.79. The summed E-state index contributed by atoms with van der Waals surface area (Å²) in [4.78, 5) is 29.1. The van der Waals surface area contributed by atoms with Crippen LogP contribution in [0.3, 0.4) is 0 Å². The third-order valence-corrected chi connectivity index (χ3v) is 6.24. The number of aryl methyl sites for hydroxylation is 2. The molecule has 2 heterocycles. The van der Waals surface area contributed by atoms with E-state index < -0.39 is 23.2 Å². The molecule has 2 aliphatic rings. The van der Waals surface area contributed by atoms with Crippen molar-refractivity contribution in [1.29, 1.82) is 0 Å². The third-order valence-electron chi connectivity index (χ3n) is 6.24. The molecule has 0 amide bonds. The number of aliphatic hydroxyl groups excluding tert-OH is 1. The van der Waals surface area contributed by atoms with Crippen molar-refractivity contribution in [2.45, 2.75) is 58.6 Å². The summed E-state index contributed by atoms with van der Waals surface area (Å²) in [6.45, 7) is 6.42. The molecule has 1 aromatic carbocycles. The van der Waals surface area contributed by atoms with Crippen LogP contribution in [0.2, 0.25) is 0 Å². The Labute approximate surface area is 156 Å². The number of aromatic amines is 1. The first-order valence-corrected chi connectivity index (χ1v) is 9.75. The van der Waals surface area contributed by atoms with Gasteiger partial charge in [0, 0.05) is 30.3 Å². The van der Waals surface area contributed by atoms with E-state index in [1.165, 1.54) is 0 Å². The van der Waals surface area contributed by atoms with Crippen LogP contribution in [-0.4, -0.2) is 33.9 Å². The van der Waals surface area contributed by atoms with E-state index in [-0.39, 0.29) is 22.9 Å². The van der Waals surface area contributed by atoms with E-state index >= 15 is 4.39 Å². The maximum Gasteiger partial charge on any atom is 0.329 e. The van der Waals surface area contributed by atoms with Gasteiger partial charge in [0.1, 0.15) is 0 Å². The monoisotopic (exact) mass is 375 g/mol. The fraction of sp³-hybridized carbons (Fsp3) is 0.600. The molecule has 1 aliphatic heterocycles. The number of benzene rings is 1. The lowest BCUT2D eigenvalue weighted by molar-refractivity contribution is 0.0906. The predicted molar refractivity (Wildman–Crippen MR) is 103 cm³/mol. The molecule has 1 saturated heterocycles. The van der Waals surface area contributed by atoms with Gasteiger partial charge < -0.3 is 10.0 Å². The number of piperidine rings is 1. The van der Waals surface area contributed by atoms with Crippen LogP contribution in [0.25, 0.3) is 10.9 Å². The Balaban J connectivity index is 1.96. The van der Waals surface area contributed by atoms with Gasteiger partial charge in [-0.25, -0.2) is 9.18 Å². The Morgan fingerprint density at radius 1 is 1.19 bits per heavy atom. The highest BCUT2D eigenvalue weighted by Crippen LogP contribution is 2.40. The smallest absolute Gasteiger partial charge is 0.329 e. The minimum Gasteiger partial charge on any atom is -0.391 e. The molecule has 146 valence electrons. The van der Waals surface area contributed by atoms with Gasteiger partial charge in [0.15, 0.2) is 5.82 Å². The quantitative estimate of drug-likeness (QED) is 0.863. The van der Waals surface area contributed by atoms with Crippen molar-refractivity contribution in [2.75, 3.05) is 18.0 Å². The van der Waals surface area contributed by atoms with Crippen LogP contribution in [0.4, 0.5) is 10.1 Å². The minimum absolute atomic E-state index is 0.0599. The highest BCUT2D eigenvalue weighted by molar-refractivity contribution is 5.90.